The summed E-state index contributed by atoms with van der Waals surface area (Å²) in [6, 6.07) is 6.13. The molecule has 0 radical (unpaired) electrons. The van der Waals surface area contributed by atoms with Gasteiger partial charge in [-0.25, -0.2) is 4.79 Å². The highest BCUT2D eigenvalue weighted by Crippen LogP contribution is 2.15. The molecule has 1 aromatic carbocycles. The van der Waals surface area contributed by atoms with Crippen molar-refractivity contribution < 1.29 is 4.79 Å². The van der Waals surface area contributed by atoms with Gasteiger partial charge in [0.15, 0.2) is 0 Å². The molecule has 1 aromatic rings. The molecule has 0 aliphatic carbocycles. The molecule has 2 amide bonds. The van der Waals surface area contributed by atoms with Crippen molar-refractivity contribution in [1.29, 1.82) is 0 Å². The number of rotatable bonds is 4. The normalized spacial score (nSPS) is 10.4. The van der Waals surface area contributed by atoms with Gasteiger partial charge in [0.1, 0.15) is 0 Å². The zero-order chi connectivity index (χ0) is 12.8. The first-order chi connectivity index (χ1) is 8.06. The van der Waals surface area contributed by atoms with Gasteiger partial charge in [0.2, 0.25) is 0 Å². The third-order valence-corrected chi connectivity index (χ3v) is 2.95. The average Bonchev–Trinajstić information content (AvgIpc) is 2.29. The third kappa shape index (κ3) is 4.10. The number of nitrogens with one attached hydrogen (secondary N) is 2. The van der Waals surface area contributed by atoms with Gasteiger partial charge in [0.05, 0.1) is 0 Å². The van der Waals surface area contributed by atoms with Crippen LogP contribution in [0.1, 0.15) is 37.8 Å². The van der Waals surface area contributed by atoms with E-state index < -0.39 is 0 Å². The van der Waals surface area contributed by atoms with Crippen LogP contribution >= 0.6 is 0 Å². The first-order valence-electron chi connectivity index (χ1n) is 6.21. The highest BCUT2D eigenvalue weighted by atomic mass is 16.2. The lowest BCUT2D eigenvalue weighted by molar-refractivity contribution is 0.247. The van der Waals surface area contributed by atoms with Crippen LogP contribution in [0.25, 0.3) is 0 Å². The molecule has 0 aliphatic heterocycles. The Morgan fingerprint density at radius 3 is 2.41 bits per heavy atom. The SMILES string of the molecule is CCC(CC)NC(=O)Nc1ccc(C)cc1C. The van der Waals surface area contributed by atoms with Crippen molar-refractivity contribution in [2.24, 2.45) is 0 Å². The van der Waals surface area contributed by atoms with E-state index in [1.807, 2.05) is 26.0 Å². The van der Waals surface area contributed by atoms with E-state index in [1.54, 1.807) is 0 Å². The van der Waals surface area contributed by atoms with Crippen molar-refractivity contribution >= 4 is 11.7 Å². The molecule has 0 aromatic heterocycles. The topological polar surface area (TPSA) is 41.1 Å². The molecular formula is C14H22N2O. The van der Waals surface area contributed by atoms with Gasteiger partial charge in [-0.3, -0.25) is 0 Å². The number of carbonyl (C=O) groups excluding carboxylic acids is 1. The molecule has 3 nitrogen and oxygen atoms in total. The molecule has 3 heteroatoms. The molecule has 0 saturated heterocycles. The van der Waals surface area contributed by atoms with E-state index in [4.69, 9.17) is 0 Å². The van der Waals surface area contributed by atoms with Crippen molar-refractivity contribution in [3.8, 4) is 0 Å². The van der Waals surface area contributed by atoms with E-state index in [1.165, 1.54) is 5.56 Å². The van der Waals surface area contributed by atoms with Crippen LogP contribution in [0.3, 0.4) is 0 Å². The predicted octanol–water partition coefficient (Wildman–Crippen LogP) is 3.61. The average molecular weight is 234 g/mol. The minimum atomic E-state index is -0.120. The summed E-state index contributed by atoms with van der Waals surface area (Å²) >= 11 is 0. The van der Waals surface area contributed by atoms with Crippen molar-refractivity contribution in [3.05, 3.63) is 29.3 Å². The summed E-state index contributed by atoms with van der Waals surface area (Å²) in [5.41, 5.74) is 3.16. The predicted molar refractivity (Wildman–Crippen MR) is 72.4 cm³/mol. The van der Waals surface area contributed by atoms with Crippen molar-refractivity contribution in [1.82, 2.24) is 5.32 Å². The smallest absolute Gasteiger partial charge is 0.319 e. The molecule has 0 atom stereocenters. The van der Waals surface area contributed by atoms with Crippen LogP contribution < -0.4 is 10.6 Å². The zero-order valence-electron chi connectivity index (χ0n) is 11.1. The molecule has 1 rings (SSSR count). The maximum absolute atomic E-state index is 11.8. The number of amides is 2. The number of hydrogen-bond donors (Lipinski definition) is 2. The van der Waals surface area contributed by atoms with Gasteiger partial charge in [-0.2, -0.15) is 0 Å². The number of benzene rings is 1. The molecule has 0 spiro atoms. The third-order valence-electron chi connectivity index (χ3n) is 2.95. The van der Waals surface area contributed by atoms with Crippen LogP contribution in [0, 0.1) is 13.8 Å². The molecule has 0 saturated carbocycles. The Kier molecular flexibility index (Phi) is 5.01. The number of urea groups is 1. The Balaban J connectivity index is 2.62. The Hall–Kier alpha value is -1.51. The summed E-state index contributed by atoms with van der Waals surface area (Å²) in [7, 11) is 0. The monoisotopic (exact) mass is 234 g/mol. The molecule has 0 unspecified atom stereocenters. The van der Waals surface area contributed by atoms with Crippen LogP contribution in [-0.4, -0.2) is 12.1 Å². The molecule has 17 heavy (non-hydrogen) atoms. The van der Waals surface area contributed by atoms with Crippen LogP contribution in [-0.2, 0) is 0 Å². The fraction of sp³-hybridized carbons (Fsp3) is 0.500. The summed E-state index contributed by atoms with van der Waals surface area (Å²) in [5, 5.41) is 5.84. The standard InChI is InChI=1S/C14H22N2O/c1-5-12(6-2)15-14(17)16-13-8-7-10(3)9-11(13)4/h7-9,12H,5-6H2,1-4H3,(H2,15,16,17). The summed E-state index contributed by atoms with van der Waals surface area (Å²) in [6.07, 6.45) is 1.91. The zero-order valence-corrected chi connectivity index (χ0v) is 11.1. The Morgan fingerprint density at radius 1 is 1.24 bits per heavy atom. The summed E-state index contributed by atoms with van der Waals surface area (Å²) in [5.74, 6) is 0. The minimum absolute atomic E-state index is 0.120. The molecule has 0 aliphatic rings. The van der Waals surface area contributed by atoms with E-state index >= 15 is 0 Å². The van der Waals surface area contributed by atoms with Crippen molar-refractivity contribution in [2.75, 3.05) is 5.32 Å². The molecule has 0 heterocycles. The van der Waals surface area contributed by atoms with E-state index in [0.29, 0.717) is 0 Å². The van der Waals surface area contributed by atoms with Crippen LogP contribution in [0.5, 0.6) is 0 Å². The highest BCUT2D eigenvalue weighted by molar-refractivity contribution is 5.90. The van der Waals surface area contributed by atoms with Gasteiger partial charge in [-0.15, -0.1) is 0 Å². The Labute approximate surface area is 104 Å². The maximum atomic E-state index is 11.8. The molecule has 0 bridgehead atoms. The van der Waals surface area contributed by atoms with Crippen LogP contribution in [0.4, 0.5) is 10.5 Å². The van der Waals surface area contributed by atoms with E-state index in [-0.39, 0.29) is 12.1 Å². The van der Waals surface area contributed by atoms with Crippen molar-refractivity contribution in [3.63, 3.8) is 0 Å². The molecule has 0 fully saturated rings. The number of carbonyl (C=O) groups is 1. The lowest BCUT2D eigenvalue weighted by Crippen LogP contribution is -2.37. The van der Waals surface area contributed by atoms with E-state index in [2.05, 4.69) is 30.5 Å². The lowest BCUT2D eigenvalue weighted by Gasteiger charge is -2.16. The lowest BCUT2D eigenvalue weighted by atomic mass is 10.1. The maximum Gasteiger partial charge on any atom is 0.319 e. The van der Waals surface area contributed by atoms with E-state index in [0.717, 1.165) is 24.1 Å². The molecular weight excluding hydrogens is 212 g/mol. The Morgan fingerprint density at radius 2 is 1.88 bits per heavy atom. The second-order valence-electron chi connectivity index (χ2n) is 4.43. The largest absolute Gasteiger partial charge is 0.335 e. The fourth-order valence-electron chi connectivity index (χ4n) is 1.79. The second kappa shape index (κ2) is 6.28. The van der Waals surface area contributed by atoms with Gasteiger partial charge < -0.3 is 10.6 Å². The quantitative estimate of drug-likeness (QED) is 0.821. The summed E-state index contributed by atoms with van der Waals surface area (Å²) in [6.45, 7) is 8.19. The minimum Gasteiger partial charge on any atom is -0.335 e. The van der Waals surface area contributed by atoms with Gasteiger partial charge in [-0.1, -0.05) is 31.5 Å². The highest BCUT2D eigenvalue weighted by Gasteiger charge is 2.09. The van der Waals surface area contributed by atoms with Crippen molar-refractivity contribution in [2.45, 2.75) is 46.6 Å². The number of aryl methyl sites for hydroxylation is 2. The second-order valence-corrected chi connectivity index (χ2v) is 4.43. The first-order valence-corrected chi connectivity index (χ1v) is 6.21. The summed E-state index contributed by atoms with van der Waals surface area (Å²) < 4.78 is 0. The molecule has 2 N–H and O–H groups in total. The van der Waals surface area contributed by atoms with Crippen LogP contribution in [0.15, 0.2) is 18.2 Å². The van der Waals surface area contributed by atoms with Gasteiger partial charge in [-0.05, 0) is 38.3 Å². The van der Waals surface area contributed by atoms with Gasteiger partial charge in [0.25, 0.3) is 0 Å². The number of hydrogen-bond acceptors (Lipinski definition) is 1. The van der Waals surface area contributed by atoms with Gasteiger partial charge >= 0.3 is 6.03 Å². The molecule has 94 valence electrons. The van der Waals surface area contributed by atoms with E-state index in [9.17, 15) is 4.79 Å². The number of anilines is 1. The first kappa shape index (κ1) is 13.6. The Bertz CT molecular complexity index is 384. The van der Waals surface area contributed by atoms with Gasteiger partial charge in [0, 0.05) is 11.7 Å². The fourth-order valence-corrected chi connectivity index (χ4v) is 1.79. The summed E-state index contributed by atoms with van der Waals surface area (Å²) in [4.78, 5) is 11.8. The van der Waals surface area contributed by atoms with Crippen LogP contribution in [0.2, 0.25) is 0 Å².